The molecule has 20 heavy (non-hydrogen) atoms. The van der Waals surface area contributed by atoms with E-state index < -0.39 is 6.03 Å². The van der Waals surface area contributed by atoms with E-state index in [-0.39, 0.29) is 5.75 Å². The second kappa shape index (κ2) is 6.16. The quantitative estimate of drug-likeness (QED) is 0.808. The number of anilines is 2. The van der Waals surface area contributed by atoms with Gasteiger partial charge in [0, 0.05) is 16.8 Å². The van der Waals surface area contributed by atoms with E-state index in [0.717, 1.165) is 0 Å². The van der Waals surface area contributed by atoms with Crippen LogP contribution in [0.2, 0.25) is 5.02 Å². The number of hydrogen-bond donors (Lipinski definition) is 3. The molecular formula is C14H13ClN2O3. The van der Waals surface area contributed by atoms with Crippen molar-refractivity contribution in [3.63, 3.8) is 0 Å². The minimum atomic E-state index is -0.462. The van der Waals surface area contributed by atoms with Gasteiger partial charge in [-0.05, 0) is 30.3 Å². The highest BCUT2D eigenvalue weighted by atomic mass is 35.5. The average molecular weight is 293 g/mol. The van der Waals surface area contributed by atoms with Gasteiger partial charge in [-0.15, -0.1) is 0 Å². The summed E-state index contributed by atoms with van der Waals surface area (Å²) in [6, 6.07) is 10.7. The molecule has 2 aromatic rings. The summed E-state index contributed by atoms with van der Waals surface area (Å²) in [6.45, 7) is 0. The molecule has 2 rings (SSSR count). The summed E-state index contributed by atoms with van der Waals surface area (Å²) in [4.78, 5) is 11.9. The number of methoxy groups -OCH3 is 1. The number of nitrogens with one attached hydrogen (secondary N) is 2. The Morgan fingerprint density at radius 3 is 2.70 bits per heavy atom. The molecule has 0 saturated carbocycles. The maximum Gasteiger partial charge on any atom is 0.323 e. The number of phenolic OH excluding ortho intramolecular Hbond substituents is 1. The number of urea groups is 1. The van der Waals surface area contributed by atoms with Crippen LogP contribution in [0.5, 0.6) is 11.5 Å². The largest absolute Gasteiger partial charge is 0.508 e. The Labute approximate surface area is 121 Å². The minimum absolute atomic E-state index is 0.0723. The molecule has 0 heterocycles. The molecule has 0 aliphatic heterocycles. The molecule has 0 aliphatic rings. The lowest BCUT2D eigenvalue weighted by atomic mass is 10.3. The van der Waals surface area contributed by atoms with E-state index in [4.69, 9.17) is 16.3 Å². The third-order valence-corrected chi connectivity index (χ3v) is 2.75. The van der Waals surface area contributed by atoms with Gasteiger partial charge in [0.15, 0.2) is 0 Å². The molecule has 2 aromatic carbocycles. The van der Waals surface area contributed by atoms with E-state index in [0.29, 0.717) is 22.1 Å². The second-order valence-corrected chi connectivity index (χ2v) is 4.41. The molecule has 6 heteroatoms. The number of aromatic hydroxyl groups is 1. The zero-order valence-electron chi connectivity index (χ0n) is 10.7. The summed E-state index contributed by atoms with van der Waals surface area (Å²) in [5, 5.41) is 15.0. The monoisotopic (exact) mass is 292 g/mol. The predicted molar refractivity (Wildman–Crippen MR) is 78.8 cm³/mol. The molecule has 104 valence electrons. The van der Waals surface area contributed by atoms with E-state index in [1.807, 2.05) is 0 Å². The molecule has 5 nitrogen and oxygen atoms in total. The zero-order valence-corrected chi connectivity index (χ0v) is 11.4. The van der Waals surface area contributed by atoms with Crippen molar-refractivity contribution in [1.29, 1.82) is 0 Å². The third kappa shape index (κ3) is 3.55. The number of carbonyl (C=O) groups excluding carboxylic acids is 1. The van der Waals surface area contributed by atoms with E-state index >= 15 is 0 Å². The molecule has 0 fully saturated rings. The van der Waals surface area contributed by atoms with Gasteiger partial charge in [-0.3, -0.25) is 0 Å². The molecule has 3 N–H and O–H groups in total. The lowest BCUT2D eigenvalue weighted by Crippen LogP contribution is -2.19. The molecule has 0 aromatic heterocycles. The van der Waals surface area contributed by atoms with Crippen LogP contribution < -0.4 is 15.4 Å². The van der Waals surface area contributed by atoms with Crippen LogP contribution in [-0.4, -0.2) is 18.2 Å². The molecule has 0 atom stereocenters. The van der Waals surface area contributed by atoms with Gasteiger partial charge in [0.25, 0.3) is 0 Å². The lowest BCUT2D eigenvalue weighted by molar-refractivity contribution is 0.262. The van der Waals surface area contributed by atoms with E-state index in [2.05, 4.69) is 10.6 Å². The van der Waals surface area contributed by atoms with Gasteiger partial charge in [0.1, 0.15) is 11.5 Å². The van der Waals surface area contributed by atoms with Crippen molar-refractivity contribution >= 4 is 29.0 Å². The van der Waals surface area contributed by atoms with Crippen LogP contribution in [-0.2, 0) is 0 Å². The molecule has 2 amide bonds. The van der Waals surface area contributed by atoms with Crippen molar-refractivity contribution in [3.05, 3.63) is 47.5 Å². The predicted octanol–water partition coefficient (Wildman–Crippen LogP) is 3.70. The number of amides is 2. The van der Waals surface area contributed by atoms with Crippen LogP contribution in [0.4, 0.5) is 16.2 Å². The van der Waals surface area contributed by atoms with Crippen molar-refractivity contribution in [1.82, 2.24) is 0 Å². The summed E-state index contributed by atoms with van der Waals surface area (Å²) in [6.07, 6.45) is 0. The fourth-order valence-electron chi connectivity index (χ4n) is 1.65. The van der Waals surface area contributed by atoms with E-state index in [1.165, 1.54) is 19.2 Å². The summed E-state index contributed by atoms with van der Waals surface area (Å²) >= 11 is 5.88. The van der Waals surface area contributed by atoms with Crippen LogP contribution in [0, 0.1) is 0 Å². The molecule has 0 unspecified atom stereocenters. The Balaban J connectivity index is 2.10. The van der Waals surface area contributed by atoms with Gasteiger partial charge >= 0.3 is 6.03 Å². The van der Waals surface area contributed by atoms with Gasteiger partial charge in [-0.2, -0.15) is 0 Å². The highest BCUT2D eigenvalue weighted by molar-refractivity contribution is 6.31. The first-order chi connectivity index (χ1) is 9.58. The van der Waals surface area contributed by atoms with Crippen molar-refractivity contribution < 1.29 is 14.6 Å². The van der Waals surface area contributed by atoms with Crippen molar-refractivity contribution in [3.8, 4) is 11.5 Å². The second-order valence-electron chi connectivity index (χ2n) is 3.97. The lowest BCUT2D eigenvalue weighted by Gasteiger charge is -2.11. The Morgan fingerprint density at radius 2 is 2.00 bits per heavy atom. The standard InChI is InChI=1S/C14H13ClN2O3/c1-20-13-6-5-9(15)7-12(13)17-14(19)16-10-3-2-4-11(18)8-10/h2-8,18H,1H3,(H2,16,17,19). The molecule has 0 saturated heterocycles. The van der Waals surface area contributed by atoms with Gasteiger partial charge in [0.2, 0.25) is 0 Å². The number of phenols is 1. The molecular weight excluding hydrogens is 280 g/mol. The molecule has 0 aliphatic carbocycles. The van der Waals surface area contributed by atoms with Crippen molar-refractivity contribution in [2.24, 2.45) is 0 Å². The number of halogens is 1. The Kier molecular flexibility index (Phi) is 4.32. The first-order valence-electron chi connectivity index (χ1n) is 5.79. The molecule has 0 spiro atoms. The van der Waals surface area contributed by atoms with Gasteiger partial charge in [-0.1, -0.05) is 17.7 Å². The van der Waals surface area contributed by atoms with Crippen LogP contribution in [0.25, 0.3) is 0 Å². The number of hydrogen-bond acceptors (Lipinski definition) is 3. The number of ether oxygens (including phenoxy) is 1. The molecule has 0 radical (unpaired) electrons. The van der Waals surface area contributed by atoms with Crippen molar-refractivity contribution in [2.75, 3.05) is 17.7 Å². The first kappa shape index (κ1) is 14.0. The fraction of sp³-hybridized carbons (Fsp3) is 0.0714. The summed E-state index contributed by atoms with van der Waals surface area (Å²) in [7, 11) is 1.50. The molecule has 0 bridgehead atoms. The summed E-state index contributed by atoms with van der Waals surface area (Å²) < 4.78 is 5.13. The minimum Gasteiger partial charge on any atom is -0.508 e. The Hall–Kier alpha value is -2.40. The SMILES string of the molecule is COc1ccc(Cl)cc1NC(=O)Nc1cccc(O)c1. The smallest absolute Gasteiger partial charge is 0.323 e. The van der Waals surface area contributed by atoms with Gasteiger partial charge in [0.05, 0.1) is 12.8 Å². The Morgan fingerprint density at radius 1 is 1.20 bits per heavy atom. The summed E-state index contributed by atoms with van der Waals surface area (Å²) in [5.74, 6) is 0.573. The highest BCUT2D eigenvalue weighted by Gasteiger charge is 2.08. The fourth-order valence-corrected chi connectivity index (χ4v) is 1.82. The maximum absolute atomic E-state index is 11.9. The maximum atomic E-state index is 11.9. The topological polar surface area (TPSA) is 70.6 Å². The average Bonchev–Trinajstić information content (AvgIpc) is 2.38. The van der Waals surface area contributed by atoms with Gasteiger partial charge < -0.3 is 20.5 Å². The van der Waals surface area contributed by atoms with Crippen LogP contribution in [0.1, 0.15) is 0 Å². The Bertz CT molecular complexity index is 632. The van der Waals surface area contributed by atoms with Crippen LogP contribution in [0.15, 0.2) is 42.5 Å². The number of benzene rings is 2. The van der Waals surface area contributed by atoms with E-state index in [1.54, 1.807) is 30.3 Å². The number of rotatable bonds is 3. The highest BCUT2D eigenvalue weighted by Crippen LogP contribution is 2.27. The normalized spacial score (nSPS) is 9.90. The van der Waals surface area contributed by atoms with E-state index in [9.17, 15) is 9.90 Å². The van der Waals surface area contributed by atoms with Crippen molar-refractivity contribution in [2.45, 2.75) is 0 Å². The third-order valence-electron chi connectivity index (χ3n) is 2.51. The van der Waals surface area contributed by atoms with Crippen LogP contribution in [0.3, 0.4) is 0 Å². The van der Waals surface area contributed by atoms with Crippen LogP contribution >= 0.6 is 11.6 Å². The zero-order chi connectivity index (χ0) is 14.5. The van der Waals surface area contributed by atoms with Gasteiger partial charge in [-0.25, -0.2) is 4.79 Å². The summed E-state index contributed by atoms with van der Waals surface area (Å²) in [5.41, 5.74) is 0.932. The number of carbonyl (C=O) groups is 1. The first-order valence-corrected chi connectivity index (χ1v) is 6.17.